The van der Waals surface area contributed by atoms with Crippen molar-refractivity contribution in [1.29, 1.82) is 0 Å². The number of nitrogens with one attached hydrogen (secondary N) is 1. The molecule has 2 atom stereocenters. The van der Waals surface area contributed by atoms with Crippen LogP contribution in [-0.4, -0.2) is 30.7 Å². The van der Waals surface area contributed by atoms with Crippen LogP contribution in [0.5, 0.6) is 0 Å². The van der Waals surface area contributed by atoms with Crippen molar-refractivity contribution in [3.63, 3.8) is 0 Å². The molecule has 0 bridgehead atoms. The van der Waals surface area contributed by atoms with Crippen LogP contribution < -0.4 is 10.5 Å². The Morgan fingerprint density at radius 3 is 2.55 bits per heavy atom. The van der Waals surface area contributed by atoms with Gasteiger partial charge in [0.15, 0.2) is 0 Å². The van der Waals surface area contributed by atoms with Gasteiger partial charge in [-0.05, 0) is 38.0 Å². The third kappa shape index (κ3) is 4.73. The quantitative estimate of drug-likeness (QED) is 0.772. The van der Waals surface area contributed by atoms with Crippen molar-refractivity contribution in [3.05, 3.63) is 22.7 Å². The van der Waals surface area contributed by atoms with Crippen LogP contribution in [0.2, 0.25) is 5.02 Å². The largest absolute Gasteiger partial charge is 0.397 e. The van der Waals surface area contributed by atoms with Gasteiger partial charge in [0.25, 0.3) is 0 Å². The Hall–Kier alpha value is -0.630. The molecule has 0 fully saturated rings. The van der Waals surface area contributed by atoms with Gasteiger partial charge >= 0.3 is 0 Å². The maximum Gasteiger partial charge on any atom is 0.240 e. The molecule has 3 N–H and O–H groups in total. The molecule has 0 spiro atoms. The zero-order valence-electron chi connectivity index (χ0n) is 11.6. The molecule has 0 aliphatic carbocycles. The van der Waals surface area contributed by atoms with Crippen LogP contribution in [0.4, 0.5) is 5.69 Å². The van der Waals surface area contributed by atoms with E-state index < -0.39 is 20.8 Å². The summed E-state index contributed by atoms with van der Waals surface area (Å²) >= 11 is 5.92. The Balaban J connectivity index is 2.91. The van der Waals surface area contributed by atoms with Crippen LogP contribution in [0.15, 0.2) is 17.0 Å². The van der Waals surface area contributed by atoms with Crippen LogP contribution in [0.25, 0.3) is 0 Å². The first-order valence-electron chi connectivity index (χ1n) is 6.01. The van der Waals surface area contributed by atoms with Gasteiger partial charge < -0.3 is 5.73 Å². The highest BCUT2D eigenvalue weighted by atomic mass is 35.5. The molecule has 0 saturated heterocycles. The molecule has 0 aromatic heterocycles. The lowest BCUT2D eigenvalue weighted by molar-refractivity contribution is 0.555. The molecule has 0 aliphatic heterocycles. The van der Waals surface area contributed by atoms with Gasteiger partial charge in [0.05, 0.1) is 15.6 Å². The second-order valence-electron chi connectivity index (χ2n) is 4.73. The molecule has 0 radical (unpaired) electrons. The van der Waals surface area contributed by atoms with E-state index in [1.165, 1.54) is 12.1 Å². The minimum absolute atomic E-state index is 0.0846. The third-order valence-electron chi connectivity index (χ3n) is 2.76. The highest BCUT2D eigenvalue weighted by molar-refractivity contribution is 7.89. The molecule has 0 aliphatic rings. The van der Waals surface area contributed by atoms with E-state index in [9.17, 15) is 12.6 Å². The Bertz CT molecular complexity index is 594. The molecule has 8 heteroatoms. The number of rotatable bonds is 6. The summed E-state index contributed by atoms with van der Waals surface area (Å²) in [6.45, 7) is 3.43. The normalized spacial score (nSPS) is 15.0. The maximum atomic E-state index is 12.2. The summed E-state index contributed by atoms with van der Waals surface area (Å²) < 4.78 is 38.0. The predicted molar refractivity (Wildman–Crippen MR) is 83.9 cm³/mol. The van der Waals surface area contributed by atoms with Crippen LogP contribution in [0, 0.1) is 6.92 Å². The molecule has 114 valence electrons. The van der Waals surface area contributed by atoms with Crippen LogP contribution >= 0.6 is 11.6 Å². The van der Waals surface area contributed by atoms with Gasteiger partial charge in [0.2, 0.25) is 10.0 Å². The average molecular weight is 339 g/mol. The first-order valence-corrected chi connectivity index (χ1v) is 9.60. The Morgan fingerprint density at radius 2 is 2.05 bits per heavy atom. The van der Waals surface area contributed by atoms with E-state index in [0.29, 0.717) is 22.8 Å². The summed E-state index contributed by atoms with van der Waals surface area (Å²) in [5.74, 6) is 0.450. The van der Waals surface area contributed by atoms with Crippen molar-refractivity contribution in [2.75, 3.05) is 17.7 Å². The highest BCUT2D eigenvalue weighted by Gasteiger charge is 2.19. The molecular weight excluding hydrogens is 320 g/mol. The minimum Gasteiger partial charge on any atom is -0.397 e. The van der Waals surface area contributed by atoms with Gasteiger partial charge in [-0.1, -0.05) is 11.6 Å². The maximum absolute atomic E-state index is 12.2. The van der Waals surface area contributed by atoms with Gasteiger partial charge in [-0.15, -0.1) is 0 Å². The van der Waals surface area contributed by atoms with Crippen LogP contribution in [0.3, 0.4) is 0 Å². The van der Waals surface area contributed by atoms with E-state index in [2.05, 4.69) is 4.72 Å². The van der Waals surface area contributed by atoms with Crippen molar-refractivity contribution < 1.29 is 12.6 Å². The lowest BCUT2D eigenvalue weighted by Gasteiger charge is -2.15. The summed E-state index contributed by atoms with van der Waals surface area (Å²) in [5.41, 5.74) is 6.52. The SMILES string of the molecule is Cc1cc(S(=O)(=O)NC(C)CCS(C)=O)cc(N)c1Cl. The fraction of sp³-hybridized carbons (Fsp3) is 0.500. The molecule has 5 nitrogen and oxygen atoms in total. The number of aryl methyl sites for hydroxylation is 1. The number of hydrogen-bond acceptors (Lipinski definition) is 4. The van der Waals surface area contributed by atoms with Crippen molar-refractivity contribution in [2.45, 2.75) is 31.2 Å². The fourth-order valence-electron chi connectivity index (χ4n) is 1.65. The van der Waals surface area contributed by atoms with Gasteiger partial charge in [-0.3, -0.25) is 4.21 Å². The lowest BCUT2D eigenvalue weighted by atomic mass is 10.2. The van der Waals surface area contributed by atoms with E-state index in [0.717, 1.165) is 0 Å². The van der Waals surface area contributed by atoms with Crippen molar-refractivity contribution in [2.24, 2.45) is 0 Å². The predicted octanol–water partition coefficient (Wildman–Crippen LogP) is 1.67. The Kier molecular flexibility index (Phi) is 6.00. The smallest absolute Gasteiger partial charge is 0.240 e. The molecular formula is C12H19ClN2O3S2. The molecule has 1 rings (SSSR count). The average Bonchev–Trinajstić information content (AvgIpc) is 2.32. The van der Waals surface area contributed by atoms with E-state index >= 15 is 0 Å². The molecule has 0 amide bonds. The van der Waals surface area contributed by atoms with E-state index in [1.54, 1.807) is 20.1 Å². The Labute approximate surface area is 127 Å². The van der Waals surface area contributed by atoms with Gasteiger partial charge in [0.1, 0.15) is 0 Å². The first kappa shape index (κ1) is 17.4. The second kappa shape index (κ2) is 6.89. The Morgan fingerprint density at radius 1 is 1.45 bits per heavy atom. The standard InChI is InChI=1S/C12H19ClN2O3S2/c1-8-6-10(7-11(14)12(8)13)20(17,18)15-9(2)4-5-19(3)16/h6-7,9,15H,4-5,14H2,1-3H3. The zero-order valence-corrected chi connectivity index (χ0v) is 14.0. The van der Waals surface area contributed by atoms with E-state index in [1.807, 2.05) is 0 Å². The number of nitrogen functional groups attached to an aromatic ring is 1. The number of halogens is 1. The van der Waals surface area contributed by atoms with Gasteiger partial charge in [0, 0.05) is 28.9 Å². The number of benzene rings is 1. The van der Waals surface area contributed by atoms with Crippen LogP contribution in [-0.2, 0) is 20.8 Å². The highest BCUT2D eigenvalue weighted by Crippen LogP contribution is 2.26. The van der Waals surface area contributed by atoms with E-state index in [4.69, 9.17) is 17.3 Å². The van der Waals surface area contributed by atoms with Crippen molar-refractivity contribution in [1.82, 2.24) is 4.72 Å². The zero-order chi connectivity index (χ0) is 15.5. The summed E-state index contributed by atoms with van der Waals surface area (Å²) in [6.07, 6.45) is 2.09. The third-order valence-corrected chi connectivity index (χ3v) is 5.66. The monoisotopic (exact) mass is 338 g/mol. The lowest BCUT2D eigenvalue weighted by Crippen LogP contribution is -2.33. The number of nitrogens with two attached hydrogens (primary N) is 1. The molecule has 1 aromatic rings. The number of hydrogen-bond donors (Lipinski definition) is 2. The number of sulfonamides is 1. The molecule has 0 heterocycles. The first-order chi connectivity index (χ1) is 9.13. The minimum atomic E-state index is -3.66. The summed E-state index contributed by atoms with van der Waals surface area (Å²) in [7, 11) is -4.60. The summed E-state index contributed by atoms with van der Waals surface area (Å²) in [6, 6.07) is 2.51. The molecule has 0 saturated carbocycles. The van der Waals surface area contributed by atoms with E-state index in [-0.39, 0.29) is 16.6 Å². The van der Waals surface area contributed by atoms with Crippen molar-refractivity contribution >= 4 is 38.1 Å². The second-order valence-corrected chi connectivity index (χ2v) is 8.38. The summed E-state index contributed by atoms with van der Waals surface area (Å²) in [5, 5.41) is 0.360. The molecule has 20 heavy (non-hydrogen) atoms. The molecule has 2 unspecified atom stereocenters. The fourth-order valence-corrected chi connectivity index (χ4v) is 3.84. The molecule has 1 aromatic carbocycles. The van der Waals surface area contributed by atoms with Crippen molar-refractivity contribution in [3.8, 4) is 0 Å². The summed E-state index contributed by atoms with van der Waals surface area (Å²) in [4.78, 5) is 0.0846. The van der Waals surface area contributed by atoms with Crippen LogP contribution in [0.1, 0.15) is 18.9 Å². The topological polar surface area (TPSA) is 89.3 Å². The number of anilines is 1. The van der Waals surface area contributed by atoms with Gasteiger partial charge in [-0.25, -0.2) is 13.1 Å². The van der Waals surface area contributed by atoms with Gasteiger partial charge in [-0.2, -0.15) is 0 Å².